The molecule has 2 N–H and O–H groups in total. The molecule has 0 unspecified atom stereocenters. The Bertz CT molecular complexity index is 189. The molecule has 0 aliphatic rings. The van der Waals surface area contributed by atoms with E-state index in [0.29, 0.717) is 0 Å². The van der Waals surface area contributed by atoms with E-state index in [4.69, 9.17) is 5.73 Å². The second kappa shape index (κ2) is 16.1. The zero-order chi connectivity index (χ0) is 14.4. The zero-order valence-corrected chi connectivity index (χ0v) is 16.2. The molecule has 0 fully saturated rings. The van der Waals surface area contributed by atoms with Crippen LogP contribution in [0, 0.1) is 0 Å². The molecular formula is C16H37BrN2S. The molecule has 0 heterocycles. The molecule has 20 heavy (non-hydrogen) atoms. The van der Waals surface area contributed by atoms with E-state index in [-0.39, 0.29) is 17.0 Å². The number of nitrogens with two attached hydrogens (primary N) is 1. The lowest BCUT2D eigenvalue weighted by atomic mass is 10.1. The summed E-state index contributed by atoms with van der Waals surface area (Å²) in [5.74, 6) is 0.997. The summed E-state index contributed by atoms with van der Waals surface area (Å²) in [5, 5.41) is 0. The first kappa shape index (κ1) is 23.0. The Hall–Kier alpha value is 0.750. The summed E-state index contributed by atoms with van der Waals surface area (Å²) in [6.07, 6.45) is 13.8. The second-order valence-electron chi connectivity index (χ2n) is 6.43. The molecule has 0 atom stereocenters. The number of unbranched alkanes of at least 4 members (excludes halogenated alkanes) is 9. The molecule has 124 valence electrons. The summed E-state index contributed by atoms with van der Waals surface area (Å²) in [4.78, 5) is 0. The van der Waals surface area contributed by atoms with E-state index < -0.39 is 0 Å². The Balaban J connectivity index is 0. The third-order valence-electron chi connectivity index (χ3n) is 3.92. The maximum absolute atomic E-state index is 5.48. The topological polar surface area (TPSA) is 26.0 Å². The largest absolute Gasteiger partial charge is 1.00 e. The fourth-order valence-corrected chi connectivity index (χ4v) is 3.02. The Morgan fingerprint density at radius 3 is 1.50 bits per heavy atom. The third kappa shape index (κ3) is 16.8. The molecular weight excluding hydrogens is 332 g/mol. The molecule has 0 rings (SSSR count). The second-order valence-corrected chi connectivity index (χ2v) is 6.88. The van der Waals surface area contributed by atoms with E-state index in [0.717, 1.165) is 16.8 Å². The number of hydrogen-bond donors (Lipinski definition) is 2. The van der Waals surface area contributed by atoms with Gasteiger partial charge in [-0.1, -0.05) is 44.9 Å². The summed E-state index contributed by atoms with van der Waals surface area (Å²) < 4.78 is 1.13. The number of hydrogen-bond acceptors (Lipinski definition) is 2. The number of nitrogens with zero attached hydrogens (tertiary/aromatic N) is 1. The van der Waals surface area contributed by atoms with Crippen molar-refractivity contribution in [2.45, 2.75) is 64.2 Å². The van der Waals surface area contributed by atoms with Gasteiger partial charge in [0.1, 0.15) is 0 Å². The Morgan fingerprint density at radius 2 is 1.10 bits per heavy atom. The van der Waals surface area contributed by atoms with Crippen LogP contribution in [0.4, 0.5) is 0 Å². The van der Waals surface area contributed by atoms with Gasteiger partial charge in [-0.2, -0.15) is 12.6 Å². The number of rotatable bonds is 14. The number of halogens is 1. The van der Waals surface area contributed by atoms with Crippen molar-refractivity contribution < 1.29 is 21.5 Å². The predicted octanol–water partition coefficient (Wildman–Crippen LogP) is 0.856. The first-order valence-electron chi connectivity index (χ1n) is 8.25. The summed E-state index contributed by atoms with van der Waals surface area (Å²) >= 11 is 4.32. The molecule has 0 saturated heterocycles. The van der Waals surface area contributed by atoms with E-state index in [2.05, 4.69) is 26.7 Å². The molecule has 0 saturated carbocycles. The van der Waals surface area contributed by atoms with Crippen LogP contribution < -0.4 is 22.7 Å². The number of quaternary nitrogens is 1. The van der Waals surface area contributed by atoms with Gasteiger partial charge in [0.2, 0.25) is 0 Å². The fraction of sp³-hybridized carbons (Fsp3) is 1.00. The normalized spacial score (nSPS) is 11.4. The van der Waals surface area contributed by atoms with Crippen molar-refractivity contribution in [2.24, 2.45) is 5.73 Å². The van der Waals surface area contributed by atoms with Crippen molar-refractivity contribution in [1.82, 2.24) is 0 Å². The van der Waals surface area contributed by atoms with Gasteiger partial charge < -0.3 is 27.2 Å². The van der Waals surface area contributed by atoms with Crippen LogP contribution in [0.5, 0.6) is 0 Å². The highest BCUT2D eigenvalue weighted by Crippen LogP contribution is 2.11. The standard InChI is InChI=1S/C16H36N2S.BrH/c1-18(2,15-16-19)14-12-10-8-6-4-3-5-7-9-11-13-17;/h3-17H2,1-2H3;1H. The minimum absolute atomic E-state index is 0. The van der Waals surface area contributed by atoms with Crippen LogP contribution in [0.15, 0.2) is 0 Å². The SMILES string of the molecule is C[N+](C)(CCS)CCCCCCCCCCCCN.[Br-]. The molecule has 2 nitrogen and oxygen atoms in total. The van der Waals surface area contributed by atoms with Crippen LogP contribution in [0.25, 0.3) is 0 Å². The molecule has 0 spiro atoms. The monoisotopic (exact) mass is 368 g/mol. The molecule has 0 aliphatic carbocycles. The molecule has 0 amide bonds. The van der Waals surface area contributed by atoms with Gasteiger partial charge in [-0.3, -0.25) is 0 Å². The summed E-state index contributed by atoms with van der Waals surface area (Å²) in [5.41, 5.74) is 5.48. The maximum atomic E-state index is 5.48. The molecule has 0 aromatic rings. The minimum atomic E-state index is 0. The van der Waals surface area contributed by atoms with Gasteiger partial charge >= 0.3 is 0 Å². The lowest BCUT2D eigenvalue weighted by Gasteiger charge is -2.29. The van der Waals surface area contributed by atoms with Gasteiger partial charge in [0.15, 0.2) is 0 Å². The summed E-state index contributed by atoms with van der Waals surface area (Å²) in [7, 11) is 4.63. The lowest BCUT2D eigenvalue weighted by Crippen LogP contribution is -3.00. The predicted molar refractivity (Wildman–Crippen MR) is 90.9 cm³/mol. The van der Waals surface area contributed by atoms with Crippen molar-refractivity contribution in [3.8, 4) is 0 Å². The van der Waals surface area contributed by atoms with Crippen LogP contribution in [-0.4, -0.2) is 44.0 Å². The van der Waals surface area contributed by atoms with Gasteiger partial charge in [-0.05, 0) is 25.8 Å². The maximum Gasteiger partial charge on any atom is 0.0871 e. The van der Waals surface area contributed by atoms with Gasteiger partial charge in [0, 0.05) is 5.75 Å². The molecule has 4 heteroatoms. The van der Waals surface area contributed by atoms with Crippen molar-refractivity contribution in [3.63, 3.8) is 0 Å². The van der Waals surface area contributed by atoms with E-state index in [1.807, 2.05) is 0 Å². The molecule has 0 bridgehead atoms. The Labute approximate surface area is 143 Å². The van der Waals surface area contributed by atoms with Crippen molar-refractivity contribution in [1.29, 1.82) is 0 Å². The highest BCUT2D eigenvalue weighted by atomic mass is 79.9. The van der Waals surface area contributed by atoms with E-state index in [1.165, 1.54) is 77.3 Å². The molecule has 0 aromatic heterocycles. The first-order chi connectivity index (χ1) is 9.12. The summed E-state index contributed by atoms with van der Waals surface area (Å²) in [6.45, 7) is 3.35. The van der Waals surface area contributed by atoms with Gasteiger partial charge in [0.25, 0.3) is 0 Å². The van der Waals surface area contributed by atoms with Crippen molar-refractivity contribution in [2.75, 3.05) is 39.5 Å². The summed E-state index contributed by atoms with van der Waals surface area (Å²) in [6, 6.07) is 0. The van der Waals surface area contributed by atoms with Crippen molar-refractivity contribution >= 4 is 12.6 Å². The van der Waals surface area contributed by atoms with E-state index >= 15 is 0 Å². The van der Waals surface area contributed by atoms with Crippen molar-refractivity contribution in [3.05, 3.63) is 0 Å². The highest BCUT2D eigenvalue weighted by Gasteiger charge is 2.12. The van der Waals surface area contributed by atoms with Gasteiger partial charge in [-0.15, -0.1) is 0 Å². The molecule has 0 aliphatic heterocycles. The van der Waals surface area contributed by atoms with E-state index in [1.54, 1.807) is 0 Å². The van der Waals surface area contributed by atoms with Crippen LogP contribution in [0.2, 0.25) is 0 Å². The van der Waals surface area contributed by atoms with Crippen LogP contribution in [0.3, 0.4) is 0 Å². The van der Waals surface area contributed by atoms with Crippen LogP contribution >= 0.6 is 12.6 Å². The minimum Gasteiger partial charge on any atom is -1.00 e. The van der Waals surface area contributed by atoms with E-state index in [9.17, 15) is 0 Å². The smallest absolute Gasteiger partial charge is 0.0871 e. The average Bonchev–Trinajstić information content (AvgIpc) is 2.36. The molecule has 0 aromatic carbocycles. The lowest BCUT2D eigenvalue weighted by molar-refractivity contribution is -0.888. The zero-order valence-electron chi connectivity index (χ0n) is 13.7. The van der Waals surface area contributed by atoms with Crippen LogP contribution in [-0.2, 0) is 0 Å². The first-order valence-corrected chi connectivity index (χ1v) is 8.88. The quantitative estimate of drug-likeness (QED) is 0.265. The number of thiol groups is 1. The third-order valence-corrected chi connectivity index (χ3v) is 4.12. The van der Waals surface area contributed by atoms with Crippen LogP contribution in [0.1, 0.15) is 64.2 Å². The van der Waals surface area contributed by atoms with Gasteiger partial charge in [-0.25, -0.2) is 0 Å². The Morgan fingerprint density at radius 1 is 0.700 bits per heavy atom. The molecule has 0 radical (unpaired) electrons. The van der Waals surface area contributed by atoms with Gasteiger partial charge in [0.05, 0.1) is 27.2 Å². The Kier molecular flexibility index (Phi) is 18.6. The average molecular weight is 369 g/mol. The highest BCUT2D eigenvalue weighted by molar-refractivity contribution is 7.80. The fourth-order valence-electron chi connectivity index (χ4n) is 2.48.